The maximum absolute atomic E-state index is 12.1. The first-order chi connectivity index (χ1) is 11.3. The van der Waals surface area contributed by atoms with E-state index in [1.54, 1.807) is 43.0 Å². The van der Waals surface area contributed by atoms with Crippen LogP contribution in [0.15, 0.2) is 64.3 Å². The van der Waals surface area contributed by atoms with Gasteiger partial charge in [0.2, 0.25) is 0 Å². The van der Waals surface area contributed by atoms with Crippen LogP contribution in [0.1, 0.15) is 16.1 Å². The van der Waals surface area contributed by atoms with Crippen LogP contribution in [0.4, 0.5) is 0 Å². The Hall–Kier alpha value is -3.35. The lowest BCUT2D eigenvalue weighted by Gasteiger charge is -2.03. The summed E-state index contributed by atoms with van der Waals surface area (Å²) in [5.41, 5.74) is 1.27. The van der Waals surface area contributed by atoms with Gasteiger partial charge in [-0.25, -0.2) is 14.8 Å². The zero-order chi connectivity index (χ0) is 15.6. The normalized spacial score (nSPS) is 11.0. The fraction of sp³-hybridized carbons (Fsp3) is 0.0625. The number of fused-ring (bicyclic) bond motifs is 1. The van der Waals surface area contributed by atoms with Gasteiger partial charge in [-0.05, 0) is 24.3 Å². The Labute approximate surface area is 130 Å². The Bertz CT molecular complexity index is 953. The average molecular weight is 309 g/mol. The molecule has 4 aromatic heterocycles. The molecule has 0 spiro atoms. The molecule has 114 valence electrons. The number of aromatic nitrogens is 3. The second-order valence-electron chi connectivity index (χ2n) is 4.83. The van der Waals surface area contributed by atoms with Crippen LogP contribution < -0.4 is 0 Å². The summed E-state index contributed by atoms with van der Waals surface area (Å²) in [5, 5.41) is 0. The summed E-state index contributed by atoms with van der Waals surface area (Å²) in [5.74, 6) is 0.871. The lowest BCUT2D eigenvalue weighted by atomic mass is 10.2. The van der Waals surface area contributed by atoms with Crippen molar-refractivity contribution in [1.82, 2.24) is 14.4 Å². The van der Waals surface area contributed by atoms with Gasteiger partial charge in [-0.2, -0.15) is 0 Å². The molecule has 0 unspecified atom stereocenters. The van der Waals surface area contributed by atoms with Gasteiger partial charge in [0.1, 0.15) is 0 Å². The molecule has 0 amide bonds. The molecule has 0 radical (unpaired) electrons. The number of carbonyl (C=O) groups is 1. The third-order valence-electron chi connectivity index (χ3n) is 3.28. The highest BCUT2D eigenvalue weighted by Gasteiger charge is 2.12. The third-order valence-corrected chi connectivity index (χ3v) is 3.28. The summed E-state index contributed by atoms with van der Waals surface area (Å²) in [6.45, 7) is -0.00299. The molecule has 0 aliphatic rings. The molecule has 23 heavy (non-hydrogen) atoms. The maximum Gasteiger partial charge on any atom is 0.338 e. The number of hydrogen-bond acceptors (Lipinski definition) is 6. The molecule has 0 saturated heterocycles. The molecule has 0 N–H and O–H groups in total. The van der Waals surface area contributed by atoms with Crippen LogP contribution >= 0.6 is 0 Å². The number of rotatable bonds is 4. The predicted octanol–water partition coefficient (Wildman–Crippen LogP) is 2.94. The van der Waals surface area contributed by atoms with Gasteiger partial charge in [-0.1, -0.05) is 0 Å². The van der Waals surface area contributed by atoms with Gasteiger partial charge < -0.3 is 18.0 Å². The average Bonchev–Trinajstić information content (AvgIpc) is 3.32. The molecule has 0 bridgehead atoms. The summed E-state index contributed by atoms with van der Waals surface area (Å²) in [7, 11) is 0. The Morgan fingerprint density at radius 3 is 3.13 bits per heavy atom. The molecular weight excluding hydrogens is 298 g/mol. The molecule has 0 saturated carbocycles. The zero-order valence-electron chi connectivity index (χ0n) is 11.9. The fourth-order valence-corrected chi connectivity index (χ4v) is 2.15. The first-order valence-corrected chi connectivity index (χ1v) is 6.87. The van der Waals surface area contributed by atoms with Crippen LogP contribution in [-0.2, 0) is 11.3 Å². The first-order valence-electron chi connectivity index (χ1n) is 6.87. The molecule has 4 rings (SSSR count). The van der Waals surface area contributed by atoms with Crippen LogP contribution in [-0.4, -0.2) is 20.3 Å². The molecule has 4 aromatic rings. The number of ether oxygens (including phenoxy) is 1. The van der Waals surface area contributed by atoms with Gasteiger partial charge in [0.25, 0.3) is 5.89 Å². The number of carbonyl (C=O) groups excluding carboxylic acids is 1. The van der Waals surface area contributed by atoms with Crippen molar-refractivity contribution < 1.29 is 18.4 Å². The van der Waals surface area contributed by atoms with Gasteiger partial charge in [-0.15, -0.1) is 0 Å². The summed E-state index contributed by atoms with van der Waals surface area (Å²) in [6.07, 6.45) is 8.12. The Balaban J connectivity index is 1.45. The summed E-state index contributed by atoms with van der Waals surface area (Å²) in [6, 6.07) is 6.86. The SMILES string of the molecule is O=C(OCc1cnc(-c2ccco2)o1)c1ccn2cncc2c1. The highest BCUT2D eigenvalue weighted by molar-refractivity contribution is 5.90. The van der Waals surface area contributed by atoms with E-state index in [0.29, 0.717) is 23.0 Å². The molecule has 4 heterocycles. The standard InChI is InChI=1S/C16H11N3O4/c20-16(11-3-4-19-10-17-7-12(19)6-11)22-9-13-8-18-15(23-13)14-2-1-5-21-14/h1-8,10H,9H2. The minimum absolute atomic E-state index is 0.00299. The quantitative estimate of drug-likeness (QED) is 0.539. The van der Waals surface area contributed by atoms with Crippen molar-refractivity contribution in [3.8, 4) is 11.7 Å². The van der Waals surface area contributed by atoms with Crippen LogP contribution in [0.25, 0.3) is 17.2 Å². The largest absolute Gasteiger partial charge is 0.459 e. The summed E-state index contributed by atoms with van der Waals surface area (Å²) < 4.78 is 17.7. The topological polar surface area (TPSA) is 82.8 Å². The minimum atomic E-state index is -0.440. The van der Waals surface area contributed by atoms with Crippen molar-refractivity contribution in [2.75, 3.05) is 0 Å². The Kier molecular flexibility index (Phi) is 3.16. The van der Waals surface area contributed by atoms with Crippen molar-refractivity contribution in [3.05, 3.63) is 66.8 Å². The molecule has 0 aliphatic heterocycles. The zero-order valence-corrected chi connectivity index (χ0v) is 11.9. The van der Waals surface area contributed by atoms with E-state index in [0.717, 1.165) is 5.52 Å². The predicted molar refractivity (Wildman–Crippen MR) is 78.5 cm³/mol. The maximum atomic E-state index is 12.1. The van der Waals surface area contributed by atoms with Crippen LogP contribution in [0, 0.1) is 0 Å². The molecule has 7 nitrogen and oxygen atoms in total. The van der Waals surface area contributed by atoms with E-state index in [1.165, 1.54) is 12.5 Å². The van der Waals surface area contributed by atoms with Gasteiger partial charge in [-0.3, -0.25) is 0 Å². The number of hydrogen-bond donors (Lipinski definition) is 0. The van der Waals surface area contributed by atoms with Gasteiger partial charge in [0.05, 0.1) is 36.1 Å². The Morgan fingerprint density at radius 2 is 2.26 bits per heavy atom. The number of oxazole rings is 1. The highest BCUT2D eigenvalue weighted by atomic mass is 16.5. The van der Waals surface area contributed by atoms with Gasteiger partial charge >= 0.3 is 5.97 Å². The number of nitrogens with zero attached hydrogens (tertiary/aromatic N) is 3. The van der Waals surface area contributed by atoms with E-state index in [2.05, 4.69) is 9.97 Å². The van der Waals surface area contributed by atoms with Gasteiger partial charge in [0.15, 0.2) is 18.1 Å². The minimum Gasteiger partial charge on any atom is -0.459 e. The molecule has 7 heteroatoms. The van der Waals surface area contributed by atoms with Crippen LogP contribution in [0.3, 0.4) is 0 Å². The van der Waals surface area contributed by atoms with Gasteiger partial charge in [0, 0.05) is 6.20 Å². The third kappa shape index (κ3) is 2.59. The first kappa shape index (κ1) is 13.3. The number of pyridine rings is 1. The van der Waals surface area contributed by atoms with E-state index in [4.69, 9.17) is 13.6 Å². The van der Waals surface area contributed by atoms with Crippen LogP contribution in [0.5, 0.6) is 0 Å². The van der Waals surface area contributed by atoms with E-state index in [9.17, 15) is 4.79 Å². The van der Waals surface area contributed by atoms with E-state index < -0.39 is 5.97 Å². The van der Waals surface area contributed by atoms with E-state index in [1.807, 2.05) is 4.40 Å². The number of furan rings is 1. The lowest BCUT2D eigenvalue weighted by molar-refractivity contribution is 0.0446. The van der Waals surface area contributed by atoms with Crippen molar-refractivity contribution in [1.29, 1.82) is 0 Å². The second-order valence-corrected chi connectivity index (χ2v) is 4.83. The second kappa shape index (κ2) is 5.45. The summed E-state index contributed by atoms with van der Waals surface area (Å²) in [4.78, 5) is 20.2. The van der Waals surface area contributed by atoms with Crippen LogP contribution in [0.2, 0.25) is 0 Å². The molecular formula is C16H11N3O4. The van der Waals surface area contributed by atoms with Crippen molar-refractivity contribution in [3.63, 3.8) is 0 Å². The molecule has 0 aliphatic carbocycles. The molecule has 0 atom stereocenters. The Morgan fingerprint density at radius 1 is 1.30 bits per heavy atom. The summed E-state index contributed by atoms with van der Waals surface area (Å²) >= 11 is 0. The lowest BCUT2D eigenvalue weighted by Crippen LogP contribution is -2.05. The fourth-order valence-electron chi connectivity index (χ4n) is 2.15. The van der Waals surface area contributed by atoms with Crippen molar-refractivity contribution in [2.24, 2.45) is 0 Å². The number of imidazole rings is 1. The smallest absolute Gasteiger partial charge is 0.338 e. The molecule has 0 fully saturated rings. The van der Waals surface area contributed by atoms with Crippen molar-refractivity contribution >= 4 is 11.5 Å². The van der Waals surface area contributed by atoms with E-state index in [-0.39, 0.29) is 6.61 Å². The van der Waals surface area contributed by atoms with Crippen molar-refractivity contribution in [2.45, 2.75) is 6.61 Å². The molecule has 0 aromatic carbocycles. The number of esters is 1. The van der Waals surface area contributed by atoms with E-state index >= 15 is 0 Å². The highest BCUT2D eigenvalue weighted by Crippen LogP contribution is 2.20. The monoisotopic (exact) mass is 309 g/mol.